The summed E-state index contributed by atoms with van der Waals surface area (Å²) in [4.78, 5) is 0. The van der Waals surface area contributed by atoms with Crippen molar-refractivity contribution in [3.63, 3.8) is 0 Å². The van der Waals surface area contributed by atoms with Crippen LogP contribution in [0.3, 0.4) is 0 Å². The Kier molecular flexibility index (Phi) is 10.9. The lowest BCUT2D eigenvalue weighted by Crippen LogP contribution is -2.50. The number of rotatable bonds is 16. The van der Waals surface area contributed by atoms with Crippen LogP contribution in [0, 0.1) is 16.7 Å². The van der Waals surface area contributed by atoms with Gasteiger partial charge in [-0.1, -0.05) is 24.3 Å². The summed E-state index contributed by atoms with van der Waals surface area (Å²) in [6, 6.07) is 18.9. The summed E-state index contributed by atoms with van der Waals surface area (Å²) in [7, 11) is -3.08. The van der Waals surface area contributed by atoms with Gasteiger partial charge in [0.05, 0.1) is 50.1 Å². The molecule has 0 radical (unpaired) electrons. The van der Waals surface area contributed by atoms with Gasteiger partial charge in [0, 0.05) is 19.6 Å². The Morgan fingerprint density at radius 1 is 0.811 bits per heavy atom. The van der Waals surface area contributed by atoms with E-state index in [0.29, 0.717) is 45.2 Å². The van der Waals surface area contributed by atoms with Gasteiger partial charge in [0.15, 0.2) is 16.6 Å². The molecule has 1 saturated heterocycles. The minimum absolute atomic E-state index is 0.0100. The fraction of sp³-hybridized carbons (Fsp3) is 0.552. The largest absolute Gasteiger partial charge is 0.494 e. The molecule has 6 nitrogen and oxygen atoms in total. The van der Waals surface area contributed by atoms with Gasteiger partial charge >= 0.3 is 0 Å². The lowest BCUT2D eigenvalue weighted by atomic mass is 9.88. The molecule has 202 valence electrons. The van der Waals surface area contributed by atoms with Gasteiger partial charge < -0.3 is 23.1 Å². The molecule has 1 fully saturated rings. The summed E-state index contributed by atoms with van der Waals surface area (Å²) in [5, 5.41) is 8.94. The lowest BCUT2D eigenvalue weighted by molar-refractivity contribution is -0.178. The topological polar surface area (TPSA) is 69.9 Å². The van der Waals surface area contributed by atoms with Crippen LogP contribution in [-0.2, 0) is 18.3 Å². The van der Waals surface area contributed by atoms with E-state index in [2.05, 4.69) is 38.8 Å². The second kappa shape index (κ2) is 13.7. The molecule has 8 heteroatoms. The van der Waals surface area contributed by atoms with E-state index in [1.165, 1.54) is 0 Å². The third-order valence-corrected chi connectivity index (χ3v) is 12.4. The first-order chi connectivity index (χ1) is 17.6. The van der Waals surface area contributed by atoms with Gasteiger partial charge in [-0.2, -0.15) is 5.26 Å². The van der Waals surface area contributed by atoms with Gasteiger partial charge in [-0.25, -0.2) is 0 Å². The molecule has 1 aliphatic heterocycles. The molecule has 2 aromatic carbocycles. The van der Waals surface area contributed by atoms with Crippen molar-refractivity contribution in [2.75, 3.05) is 46.2 Å². The van der Waals surface area contributed by atoms with Gasteiger partial charge in [-0.3, -0.25) is 0 Å². The maximum absolute atomic E-state index is 8.94. The monoisotopic (exact) mass is 541 g/mol. The van der Waals surface area contributed by atoms with Crippen LogP contribution >= 0.6 is 0 Å². The Labute approximate surface area is 225 Å². The summed E-state index contributed by atoms with van der Waals surface area (Å²) >= 11 is 0. The molecule has 0 N–H and O–H groups in total. The smallest absolute Gasteiger partial charge is 0.173 e. The van der Waals surface area contributed by atoms with E-state index in [9.17, 15) is 0 Å². The highest BCUT2D eigenvalue weighted by molar-refractivity contribution is 6.84. The molecular formula is C29H43NO5Si2. The average Bonchev–Trinajstić information content (AvgIpc) is 2.82. The molecule has 2 aromatic rings. The molecule has 0 atom stereocenters. The van der Waals surface area contributed by atoms with Crippen molar-refractivity contribution in [2.24, 2.45) is 5.41 Å². The first-order valence-corrected chi connectivity index (χ1v) is 19.8. The van der Waals surface area contributed by atoms with Gasteiger partial charge in [0.2, 0.25) is 0 Å². The van der Waals surface area contributed by atoms with E-state index in [0.717, 1.165) is 42.4 Å². The quantitative estimate of drug-likeness (QED) is 0.179. The second-order valence-electron chi connectivity index (χ2n) is 11.6. The SMILES string of the molecule is C[Si](C)(C)O[Si](C)(C)CCCOCC1(COCCCOc2ccc(-c3ccc(C#N)cc3)cc2)COC1. The van der Waals surface area contributed by atoms with E-state index in [1.54, 1.807) is 0 Å². The average molecular weight is 542 g/mol. The summed E-state index contributed by atoms with van der Waals surface area (Å²) in [5.41, 5.74) is 2.84. The normalized spacial score (nSPS) is 15.1. The number of hydrogen-bond acceptors (Lipinski definition) is 6. The number of nitrogens with zero attached hydrogens (tertiary/aromatic N) is 1. The van der Waals surface area contributed by atoms with E-state index in [-0.39, 0.29) is 5.41 Å². The van der Waals surface area contributed by atoms with Crippen molar-refractivity contribution in [1.82, 2.24) is 0 Å². The summed E-state index contributed by atoms with van der Waals surface area (Å²) < 4.78 is 29.8. The zero-order valence-corrected chi connectivity index (χ0v) is 25.2. The Bertz CT molecular complexity index is 993. The highest BCUT2D eigenvalue weighted by atomic mass is 28.4. The predicted octanol–water partition coefficient (Wildman–Crippen LogP) is 6.49. The molecule has 0 bridgehead atoms. The van der Waals surface area contributed by atoms with Crippen LogP contribution in [0.15, 0.2) is 48.5 Å². The zero-order chi connectivity index (χ0) is 26.8. The number of ether oxygens (including phenoxy) is 4. The van der Waals surface area contributed by atoms with Crippen LogP contribution in [0.5, 0.6) is 5.75 Å². The van der Waals surface area contributed by atoms with Gasteiger partial charge in [-0.05, 0) is 80.6 Å². The van der Waals surface area contributed by atoms with E-state index in [4.69, 9.17) is 28.3 Å². The highest BCUT2D eigenvalue weighted by Gasteiger charge is 2.39. The number of benzene rings is 2. The first kappa shape index (κ1) is 29.6. The van der Waals surface area contributed by atoms with Gasteiger partial charge in [-0.15, -0.1) is 0 Å². The molecule has 0 aliphatic carbocycles. The molecule has 0 saturated carbocycles. The van der Waals surface area contributed by atoms with Crippen LogP contribution in [0.4, 0.5) is 0 Å². The van der Waals surface area contributed by atoms with E-state index >= 15 is 0 Å². The van der Waals surface area contributed by atoms with Crippen LogP contribution in [0.2, 0.25) is 38.8 Å². The van der Waals surface area contributed by atoms with Gasteiger partial charge in [0.1, 0.15) is 5.75 Å². The maximum atomic E-state index is 8.94. The van der Waals surface area contributed by atoms with E-state index in [1.807, 2.05) is 48.5 Å². The number of nitriles is 1. The Hall–Kier alpha value is -2.00. The molecule has 0 amide bonds. The Balaban J connectivity index is 1.27. The Morgan fingerprint density at radius 2 is 1.38 bits per heavy atom. The molecule has 0 aromatic heterocycles. The first-order valence-electron chi connectivity index (χ1n) is 13.3. The molecule has 0 unspecified atom stereocenters. The van der Waals surface area contributed by atoms with Crippen LogP contribution in [0.1, 0.15) is 18.4 Å². The second-order valence-corrected chi connectivity index (χ2v) is 20.7. The fourth-order valence-electron chi connectivity index (χ4n) is 4.49. The zero-order valence-electron chi connectivity index (χ0n) is 23.2. The summed E-state index contributed by atoms with van der Waals surface area (Å²) in [5.74, 6) is 0.844. The molecular weight excluding hydrogens is 498 g/mol. The van der Waals surface area contributed by atoms with Crippen LogP contribution in [0.25, 0.3) is 11.1 Å². The molecule has 1 aliphatic rings. The predicted molar refractivity (Wildman–Crippen MR) is 153 cm³/mol. The fourth-order valence-corrected chi connectivity index (χ4v) is 12.5. The highest BCUT2D eigenvalue weighted by Crippen LogP contribution is 2.29. The molecule has 3 rings (SSSR count). The Morgan fingerprint density at radius 3 is 1.89 bits per heavy atom. The lowest BCUT2D eigenvalue weighted by Gasteiger charge is -2.40. The third kappa shape index (κ3) is 10.4. The van der Waals surface area contributed by atoms with E-state index < -0.39 is 16.6 Å². The molecule has 0 spiro atoms. The van der Waals surface area contributed by atoms with Crippen molar-refractivity contribution >= 4 is 16.6 Å². The molecule has 37 heavy (non-hydrogen) atoms. The van der Waals surface area contributed by atoms with Gasteiger partial charge in [0.25, 0.3) is 0 Å². The van der Waals surface area contributed by atoms with Crippen LogP contribution < -0.4 is 4.74 Å². The van der Waals surface area contributed by atoms with Crippen molar-refractivity contribution in [1.29, 1.82) is 5.26 Å². The third-order valence-electron chi connectivity index (χ3n) is 6.19. The maximum Gasteiger partial charge on any atom is 0.173 e. The standard InChI is InChI=1S/C29H43NO5Si2/c1-36(2,3)35-37(4,5)19-7-17-32-22-29(23-33-24-29)21-31-16-6-18-34-28-14-12-27(13-15-28)26-10-8-25(20-30)9-11-26/h8-15H,6-7,16-19,21-24H2,1-5H3. The van der Waals surface area contributed by atoms with Crippen LogP contribution in [-0.4, -0.2) is 62.9 Å². The van der Waals surface area contributed by atoms with Crippen molar-refractivity contribution in [3.8, 4) is 22.9 Å². The summed E-state index contributed by atoms with van der Waals surface area (Å²) in [6.07, 6.45) is 1.87. The molecule has 1 heterocycles. The summed E-state index contributed by atoms with van der Waals surface area (Å²) in [6.45, 7) is 16.2. The van der Waals surface area contributed by atoms with Crippen molar-refractivity contribution in [2.45, 2.75) is 51.6 Å². The van der Waals surface area contributed by atoms with Crippen molar-refractivity contribution in [3.05, 3.63) is 54.1 Å². The minimum atomic E-state index is -1.60. The number of hydrogen-bond donors (Lipinski definition) is 0. The minimum Gasteiger partial charge on any atom is -0.494 e. The van der Waals surface area contributed by atoms with Crippen molar-refractivity contribution < 1.29 is 23.1 Å².